The summed E-state index contributed by atoms with van der Waals surface area (Å²) in [5.41, 5.74) is 2.12. The van der Waals surface area contributed by atoms with E-state index in [4.69, 9.17) is 4.74 Å². The minimum absolute atomic E-state index is 0. The molecule has 2 saturated heterocycles. The minimum Gasteiger partial charge on any atom is -0.368 e. The summed E-state index contributed by atoms with van der Waals surface area (Å²) in [5, 5.41) is 6.56. The van der Waals surface area contributed by atoms with Gasteiger partial charge in [0.25, 0.3) is 5.91 Å². The highest BCUT2D eigenvalue weighted by molar-refractivity contribution is 5.86. The summed E-state index contributed by atoms with van der Waals surface area (Å²) in [7, 11) is 1.66. The molecule has 0 atom stereocenters. The van der Waals surface area contributed by atoms with Crippen molar-refractivity contribution in [1.29, 1.82) is 0 Å². The molecule has 0 bridgehead atoms. The highest BCUT2D eigenvalue weighted by Gasteiger charge is 2.40. The monoisotopic (exact) mass is 417 g/mol. The van der Waals surface area contributed by atoms with E-state index in [-0.39, 0.29) is 36.8 Å². The van der Waals surface area contributed by atoms with E-state index >= 15 is 0 Å². The number of methoxy groups -OCH3 is 1. The Labute approximate surface area is 175 Å². The first-order valence-electron chi connectivity index (χ1n) is 9.47. The lowest BCUT2D eigenvalue weighted by molar-refractivity contribution is -0.147. The van der Waals surface area contributed by atoms with E-state index in [1.54, 1.807) is 7.11 Å². The molecular weight excluding hydrogens is 385 g/mol. The average molecular weight is 418 g/mol. The van der Waals surface area contributed by atoms with Crippen LogP contribution in [0.15, 0.2) is 24.3 Å². The van der Waals surface area contributed by atoms with Gasteiger partial charge in [-0.1, -0.05) is 24.3 Å². The standard InChI is InChI=1S/C20H31N3O2.2ClH/c1-16-5-3-4-6-17(16)15-23-13-7-18(8-14-23)22-19(24)20(25-2)9-11-21-12-10-20;;/h3-6,18,21H,7-15H2,1-2H3,(H,22,24);2*1H. The van der Waals surface area contributed by atoms with Crippen molar-refractivity contribution in [2.24, 2.45) is 0 Å². The molecule has 1 amide bonds. The van der Waals surface area contributed by atoms with Crippen LogP contribution in [0.4, 0.5) is 0 Å². The molecule has 1 aromatic carbocycles. The zero-order valence-electron chi connectivity index (χ0n) is 16.3. The van der Waals surface area contributed by atoms with E-state index in [1.807, 2.05) is 0 Å². The second-order valence-electron chi connectivity index (χ2n) is 7.40. The Kier molecular flexibility index (Phi) is 10.1. The summed E-state index contributed by atoms with van der Waals surface area (Å²) in [6, 6.07) is 8.85. The molecule has 154 valence electrons. The summed E-state index contributed by atoms with van der Waals surface area (Å²) in [6.45, 7) is 6.92. The fraction of sp³-hybridized carbons (Fsp3) is 0.650. The van der Waals surface area contributed by atoms with E-state index in [0.717, 1.165) is 58.4 Å². The molecule has 0 spiro atoms. The molecule has 0 unspecified atom stereocenters. The molecule has 2 fully saturated rings. The third kappa shape index (κ3) is 6.06. The van der Waals surface area contributed by atoms with Crippen molar-refractivity contribution in [2.45, 2.75) is 50.8 Å². The molecule has 1 aromatic rings. The third-order valence-corrected chi connectivity index (χ3v) is 5.79. The third-order valence-electron chi connectivity index (χ3n) is 5.79. The van der Waals surface area contributed by atoms with E-state index in [0.29, 0.717) is 0 Å². The number of carbonyl (C=O) groups excluding carboxylic acids is 1. The smallest absolute Gasteiger partial charge is 0.252 e. The molecule has 0 aromatic heterocycles. The number of aryl methyl sites for hydroxylation is 1. The van der Waals surface area contributed by atoms with Crippen LogP contribution in [0.25, 0.3) is 0 Å². The van der Waals surface area contributed by atoms with Crippen molar-refractivity contribution < 1.29 is 9.53 Å². The Hall–Kier alpha value is -0.850. The van der Waals surface area contributed by atoms with Gasteiger partial charge in [-0.3, -0.25) is 9.69 Å². The number of nitrogens with one attached hydrogen (secondary N) is 2. The molecule has 5 nitrogen and oxygen atoms in total. The van der Waals surface area contributed by atoms with Crippen LogP contribution in [0.3, 0.4) is 0 Å². The summed E-state index contributed by atoms with van der Waals surface area (Å²) >= 11 is 0. The zero-order chi connectivity index (χ0) is 17.7. The van der Waals surface area contributed by atoms with Crippen LogP contribution >= 0.6 is 24.8 Å². The number of ether oxygens (including phenoxy) is 1. The molecule has 3 rings (SSSR count). The van der Waals surface area contributed by atoms with Gasteiger partial charge in [-0.2, -0.15) is 0 Å². The van der Waals surface area contributed by atoms with Crippen molar-refractivity contribution in [3.05, 3.63) is 35.4 Å². The molecule has 2 aliphatic heterocycles. The van der Waals surface area contributed by atoms with Crippen LogP contribution in [0.2, 0.25) is 0 Å². The van der Waals surface area contributed by atoms with Gasteiger partial charge in [0.05, 0.1) is 0 Å². The van der Waals surface area contributed by atoms with Gasteiger partial charge in [-0.15, -0.1) is 24.8 Å². The average Bonchev–Trinajstić information content (AvgIpc) is 2.65. The fourth-order valence-corrected chi connectivity index (χ4v) is 3.94. The lowest BCUT2D eigenvalue weighted by Gasteiger charge is -2.38. The maximum absolute atomic E-state index is 12.8. The van der Waals surface area contributed by atoms with E-state index in [9.17, 15) is 4.79 Å². The molecule has 2 aliphatic rings. The Morgan fingerprint density at radius 1 is 1.22 bits per heavy atom. The number of nitrogens with zero attached hydrogens (tertiary/aromatic N) is 1. The highest BCUT2D eigenvalue weighted by Crippen LogP contribution is 2.24. The molecule has 0 saturated carbocycles. The van der Waals surface area contributed by atoms with E-state index in [1.165, 1.54) is 11.1 Å². The summed E-state index contributed by atoms with van der Waals surface area (Å²) in [6.07, 6.45) is 3.52. The molecule has 7 heteroatoms. The first-order valence-corrected chi connectivity index (χ1v) is 9.47. The minimum atomic E-state index is -0.635. The predicted molar refractivity (Wildman–Crippen MR) is 114 cm³/mol. The largest absolute Gasteiger partial charge is 0.368 e. The summed E-state index contributed by atoms with van der Waals surface area (Å²) < 4.78 is 5.63. The first-order chi connectivity index (χ1) is 12.1. The van der Waals surface area contributed by atoms with Gasteiger partial charge < -0.3 is 15.4 Å². The van der Waals surface area contributed by atoms with Crippen LogP contribution in [0, 0.1) is 6.92 Å². The van der Waals surface area contributed by atoms with Crippen LogP contribution in [-0.2, 0) is 16.1 Å². The van der Waals surface area contributed by atoms with Crippen LogP contribution in [0.1, 0.15) is 36.8 Å². The summed E-state index contributed by atoms with van der Waals surface area (Å²) in [5.74, 6) is 0.0776. The molecule has 0 radical (unpaired) electrons. The van der Waals surface area contributed by atoms with Crippen molar-refractivity contribution in [3.63, 3.8) is 0 Å². The summed E-state index contributed by atoms with van der Waals surface area (Å²) in [4.78, 5) is 15.2. The lowest BCUT2D eigenvalue weighted by atomic mass is 9.90. The zero-order valence-corrected chi connectivity index (χ0v) is 18.0. The normalized spacial score (nSPS) is 20.2. The van der Waals surface area contributed by atoms with Crippen LogP contribution in [-0.4, -0.2) is 55.7 Å². The number of benzene rings is 1. The van der Waals surface area contributed by atoms with Crippen molar-refractivity contribution in [2.75, 3.05) is 33.3 Å². The van der Waals surface area contributed by atoms with Gasteiger partial charge in [0, 0.05) is 32.8 Å². The quantitative estimate of drug-likeness (QED) is 0.772. The van der Waals surface area contributed by atoms with E-state index in [2.05, 4.69) is 46.7 Å². The van der Waals surface area contributed by atoms with Gasteiger partial charge in [-0.05, 0) is 56.8 Å². The second-order valence-corrected chi connectivity index (χ2v) is 7.40. The lowest BCUT2D eigenvalue weighted by Crippen LogP contribution is -2.57. The number of piperidine rings is 2. The van der Waals surface area contributed by atoms with Gasteiger partial charge in [0.1, 0.15) is 5.60 Å². The van der Waals surface area contributed by atoms with Crippen molar-refractivity contribution in [1.82, 2.24) is 15.5 Å². The molecular formula is C20H33Cl2N3O2. The Balaban J connectivity index is 0.00000182. The number of rotatable bonds is 5. The van der Waals surface area contributed by atoms with E-state index < -0.39 is 5.60 Å². The Morgan fingerprint density at radius 3 is 2.44 bits per heavy atom. The van der Waals surface area contributed by atoms with Gasteiger partial charge in [-0.25, -0.2) is 0 Å². The first kappa shape index (κ1) is 24.2. The van der Waals surface area contributed by atoms with Gasteiger partial charge >= 0.3 is 0 Å². The molecule has 0 aliphatic carbocycles. The second kappa shape index (κ2) is 11.2. The Bertz CT molecular complexity index is 586. The van der Waals surface area contributed by atoms with Gasteiger partial charge in [0.2, 0.25) is 0 Å². The molecule has 2 heterocycles. The van der Waals surface area contributed by atoms with Crippen molar-refractivity contribution in [3.8, 4) is 0 Å². The maximum atomic E-state index is 12.8. The topological polar surface area (TPSA) is 53.6 Å². The maximum Gasteiger partial charge on any atom is 0.252 e. The number of hydrogen-bond acceptors (Lipinski definition) is 4. The molecule has 2 N–H and O–H groups in total. The Morgan fingerprint density at radius 2 is 1.85 bits per heavy atom. The van der Waals surface area contributed by atoms with Crippen LogP contribution in [0.5, 0.6) is 0 Å². The van der Waals surface area contributed by atoms with Gasteiger partial charge in [0.15, 0.2) is 0 Å². The number of hydrogen-bond donors (Lipinski definition) is 2. The fourth-order valence-electron chi connectivity index (χ4n) is 3.94. The predicted octanol–water partition coefficient (Wildman–Crippen LogP) is 2.69. The molecule has 27 heavy (non-hydrogen) atoms. The number of likely N-dealkylation sites (tertiary alicyclic amines) is 1. The van der Waals surface area contributed by atoms with Crippen LogP contribution < -0.4 is 10.6 Å². The number of carbonyl (C=O) groups is 1. The van der Waals surface area contributed by atoms with Crippen molar-refractivity contribution >= 4 is 30.7 Å². The number of halogens is 2. The number of amides is 1. The SMILES string of the molecule is COC1(C(=O)NC2CCN(Cc3ccccc3C)CC2)CCNCC1.Cl.Cl. The highest BCUT2D eigenvalue weighted by atomic mass is 35.5.